The van der Waals surface area contributed by atoms with Crippen LogP contribution in [0.2, 0.25) is 8.67 Å². The number of amides is 1. The van der Waals surface area contributed by atoms with Gasteiger partial charge >= 0.3 is 6.01 Å². The number of aromatic nitrogens is 2. The Balaban J connectivity index is 1.70. The molecule has 0 atom stereocenters. The number of carbonyl (C=O) groups excluding carboxylic acids is 1. The van der Waals surface area contributed by atoms with Crippen molar-refractivity contribution >= 4 is 57.8 Å². The number of hydrogen-bond donors (Lipinski definition) is 1. The molecule has 0 aliphatic rings. The second kappa shape index (κ2) is 6.15. The Bertz CT molecular complexity index is 767. The first-order valence-electron chi connectivity index (χ1n) is 5.73. The molecule has 5 nitrogen and oxygen atoms in total. The van der Waals surface area contributed by atoms with Crippen molar-refractivity contribution in [3.05, 3.63) is 37.1 Å². The second-order valence-corrected chi connectivity index (χ2v) is 7.27. The first-order chi connectivity index (χ1) is 10.1. The van der Waals surface area contributed by atoms with E-state index in [1.54, 1.807) is 6.07 Å². The molecule has 21 heavy (non-hydrogen) atoms. The predicted octanol–water partition coefficient (Wildman–Crippen LogP) is 4.35. The highest BCUT2D eigenvalue weighted by Gasteiger charge is 2.16. The summed E-state index contributed by atoms with van der Waals surface area (Å²) in [6, 6.07) is 5.45. The van der Waals surface area contributed by atoms with Crippen molar-refractivity contribution in [2.24, 2.45) is 0 Å². The fourth-order valence-electron chi connectivity index (χ4n) is 1.60. The van der Waals surface area contributed by atoms with E-state index in [4.69, 9.17) is 27.6 Å². The summed E-state index contributed by atoms with van der Waals surface area (Å²) in [5.41, 5.74) is 0.554. The number of hydrogen-bond acceptors (Lipinski definition) is 6. The van der Waals surface area contributed by atoms with Crippen LogP contribution in [0.25, 0.3) is 11.5 Å². The molecule has 3 aromatic rings. The van der Waals surface area contributed by atoms with Gasteiger partial charge in [-0.15, -0.1) is 27.8 Å². The lowest BCUT2D eigenvalue weighted by Gasteiger charge is -1.97. The quantitative estimate of drug-likeness (QED) is 0.751. The van der Waals surface area contributed by atoms with Crippen LogP contribution in [0, 0.1) is 0 Å². The highest BCUT2D eigenvalue weighted by Crippen LogP contribution is 2.37. The minimum atomic E-state index is -0.220. The molecule has 1 amide bonds. The van der Waals surface area contributed by atoms with E-state index in [9.17, 15) is 4.79 Å². The SMILES string of the molecule is O=C(Cc1cccs1)Nc1nnc(-c2cc(Cl)sc2Cl)o1. The molecule has 9 heteroatoms. The Morgan fingerprint density at radius 2 is 2.24 bits per heavy atom. The van der Waals surface area contributed by atoms with Crippen LogP contribution in [-0.4, -0.2) is 16.1 Å². The highest BCUT2D eigenvalue weighted by molar-refractivity contribution is 7.20. The minimum Gasteiger partial charge on any atom is -0.403 e. The number of thiophene rings is 2. The third kappa shape index (κ3) is 3.44. The van der Waals surface area contributed by atoms with Crippen LogP contribution in [0.15, 0.2) is 28.0 Å². The molecule has 0 saturated heterocycles. The van der Waals surface area contributed by atoms with Crippen LogP contribution in [0.3, 0.4) is 0 Å². The average molecular weight is 360 g/mol. The van der Waals surface area contributed by atoms with Gasteiger partial charge in [-0.05, 0) is 17.5 Å². The molecule has 0 radical (unpaired) electrons. The summed E-state index contributed by atoms with van der Waals surface area (Å²) >= 11 is 14.6. The molecule has 108 valence electrons. The van der Waals surface area contributed by atoms with Crippen LogP contribution in [0.5, 0.6) is 0 Å². The normalized spacial score (nSPS) is 10.8. The molecular formula is C12H7Cl2N3O2S2. The second-order valence-electron chi connectivity index (χ2n) is 3.95. The number of anilines is 1. The predicted molar refractivity (Wildman–Crippen MR) is 84.3 cm³/mol. The lowest BCUT2D eigenvalue weighted by Crippen LogP contribution is -2.13. The van der Waals surface area contributed by atoms with Gasteiger partial charge in [-0.1, -0.05) is 34.4 Å². The van der Waals surface area contributed by atoms with Crippen molar-refractivity contribution in [1.29, 1.82) is 0 Å². The van der Waals surface area contributed by atoms with Gasteiger partial charge in [0.2, 0.25) is 5.91 Å². The summed E-state index contributed by atoms with van der Waals surface area (Å²) in [6.07, 6.45) is 0.264. The Morgan fingerprint density at radius 3 is 2.90 bits per heavy atom. The van der Waals surface area contributed by atoms with Crippen molar-refractivity contribution < 1.29 is 9.21 Å². The molecule has 0 aliphatic carbocycles. The largest absolute Gasteiger partial charge is 0.403 e. The molecule has 0 spiro atoms. The lowest BCUT2D eigenvalue weighted by molar-refractivity contribution is -0.115. The van der Waals surface area contributed by atoms with E-state index in [2.05, 4.69) is 15.5 Å². The smallest absolute Gasteiger partial charge is 0.322 e. The van der Waals surface area contributed by atoms with E-state index in [0.717, 1.165) is 4.88 Å². The molecule has 0 aromatic carbocycles. The van der Waals surface area contributed by atoms with Crippen LogP contribution in [-0.2, 0) is 11.2 Å². The van der Waals surface area contributed by atoms with Gasteiger partial charge in [0.25, 0.3) is 5.89 Å². The molecule has 3 heterocycles. The molecule has 0 fully saturated rings. The van der Waals surface area contributed by atoms with E-state index >= 15 is 0 Å². The number of nitrogens with zero attached hydrogens (tertiary/aromatic N) is 2. The first kappa shape index (κ1) is 14.5. The van der Waals surface area contributed by atoms with Crippen molar-refractivity contribution in [3.8, 4) is 11.5 Å². The number of carbonyl (C=O) groups is 1. The van der Waals surface area contributed by atoms with Gasteiger partial charge in [0.1, 0.15) is 4.34 Å². The maximum atomic E-state index is 11.8. The van der Waals surface area contributed by atoms with Crippen LogP contribution >= 0.6 is 45.9 Å². The zero-order valence-electron chi connectivity index (χ0n) is 10.3. The van der Waals surface area contributed by atoms with Crippen LogP contribution < -0.4 is 5.32 Å². The number of halogens is 2. The van der Waals surface area contributed by atoms with Gasteiger partial charge in [0.15, 0.2) is 0 Å². The zero-order chi connectivity index (χ0) is 14.8. The fraction of sp³-hybridized carbons (Fsp3) is 0.0833. The van der Waals surface area contributed by atoms with Crippen molar-refractivity contribution in [2.75, 3.05) is 5.32 Å². The molecule has 0 unspecified atom stereocenters. The summed E-state index contributed by atoms with van der Waals surface area (Å²) in [6.45, 7) is 0. The third-order valence-corrected chi connectivity index (χ3v) is 4.84. The summed E-state index contributed by atoms with van der Waals surface area (Å²) in [4.78, 5) is 12.8. The Hall–Kier alpha value is -1.41. The Labute approximate surface area is 137 Å². The van der Waals surface area contributed by atoms with Gasteiger partial charge < -0.3 is 4.42 Å². The Kier molecular flexibility index (Phi) is 4.25. The first-order valence-corrected chi connectivity index (χ1v) is 8.18. The molecule has 3 rings (SSSR count). The van der Waals surface area contributed by atoms with Gasteiger partial charge in [0.05, 0.1) is 16.3 Å². The van der Waals surface area contributed by atoms with Crippen molar-refractivity contribution in [2.45, 2.75) is 6.42 Å². The molecule has 0 saturated carbocycles. The van der Waals surface area contributed by atoms with Gasteiger partial charge in [-0.25, -0.2) is 0 Å². The van der Waals surface area contributed by atoms with E-state index in [1.165, 1.54) is 22.7 Å². The topological polar surface area (TPSA) is 68.0 Å². The van der Waals surface area contributed by atoms with Crippen LogP contribution in [0.4, 0.5) is 6.01 Å². The summed E-state index contributed by atoms with van der Waals surface area (Å²) in [5.74, 6) is -0.00308. The monoisotopic (exact) mass is 359 g/mol. The zero-order valence-corrected chi connectivity index (χ0v) is 13.4. The third-order valence-electron chi connectivity index (χ3n) is 2.47. The van der Waals surface area contributed by atoms with E-state index in [0.29, 0.717) is 14.2 Å². The van der Waals surface area contributed by atoms with Gasteiger partial charge in [-0.2, -0.15) is 0 Å². The lowest BCUT2D eigenvalue weighted by atomic mass is 10.3. The van der Waals surface area contributed by atoms with E-state index < -0.39 is 0 Å². The van der Waals surface area contributed by atoms with Crippen LogP contribution in [0.1, 0.15) is 4.88 Å². The van der Waals surface area contributed by atoms with Crippen molar-refractivity contribution in [1.82, 2.24) is 10.2 Å². The van der Waals surface area contributed by atoms with E-state index in [1.807, 2.05) is 17.5 Å². The fourth-order valence-corrected chi connectivity index (χ4v) is 3.75. The molecule has 0 aliphatic heterocycles. The average Bonchev–Trinajstić information content (AvgIpc) is 3.12. The molecular weight excluding hydrogens is 353 g/mol. The van der Waals surface area contributed by atoms with Crippen molar-refractivity contribution in [3.63, 3.8) is 0 Å². The summed E-state index contributed by atoms with van der Waals surface area (Å²) in [5, 5.41) is 12.1. The maximum Gasteiger partial charge on any atom is 0.322 e. The molecule has 3 aromatic heterocycles. The number of nitrogens with one attached hydrogen (secondary N) is 1. The number of rotatable bonds is 4. The maximum absolute atomic E-state index is 11.8. The summed E-state index contributed by atoms with van der Waals surface area (Å²) < 4.78 is 6.35. The minimum absolute atomic E-state index is 0.0324. The van der Waals surface area contributed by atoms with Gasteiger partial charge in [0, 0.05) is 4.88 Å². The Morgan fingerprint density at radius 1 is 1.38 bits per heavy atom. The van der Waals surface area contributed by atoms with E-state index in [-0.39, 0.29) is 24.2 Å². The standard InChI is InChI=1S/C12H7Cl2N3O2S2/c13-8-5-7(10(14)21-8)11-16-17-12(19-11)15-9(18)4-6-2-1-3-20-6/h1-3,5H,4H2,(H,15,17,18). The molecule has 0 bridgehead atoms. The highest BCUT2D eigenvalue weighted by atomic mass is 35.5. The molecule has 1 N–H and O–H groups in total. The van der Waals surface area contributed by atoms with Gasteiger partial charge in [-0.3, -0.25) is 10.1 Å². The summed E-state index contributed by atoms with van der Waals surface area (Å²) in [7, 11) is 0.